The van der Waals surface area contributed by atoms with Crippen LogP contribution in [0.5, 0.6) is 0 Å². The lowest BCUT2D eigenvalue weighted by molar-refractivity contribution is -0.142. The van der Waals surface area contributed by atoms with E-state index in [1.165, 1.54) is 12.3 Å². The first-order valence-electron chi connectivity index (χ1n) is 6.21. The topological polar surface area (TPSA) is 79.3 Å². The van der Waals surface area contributed by atoms with Crippen molar-refractivity contribution in [2.75, 3.05) is 0 Å². The minimum absolute atomic E-state index is 0.0175. The van der Waals surface area contributed by atoms with E-state index in [0.717, 1.165) is 0 Å². The Balaban J connectivity index is 1.89. The number of hydrogen-bond acceptors (Lipinski definition) is 3. The van der Waals surface area contributed by atoms with Crippen LogP contribution in [0.3, 0.4) is 0 Å². The van der Waals surface area contributed by atoms with Crippen LogP contribution in [0.25, 0.3) is 0 Å². The van der Waals surface area contributed by atoms with Gasteiger partial charge in [0.15, 0.2) is 0 Å². The fourth-order valence-electron chi connectivity index (χ4n) is 2.27. The molecule has 2 rings (SSSR count). The second-order valence-electron chi connectivity index (χ2n) is 4.72. The number of amides is 1. The third-order valence-electron chi connectivity index (χ3n) is 3.37. The van der Waals surface area contributed by atoms with E-state index in [2.05, 4.69) is 10.3 Å². The Bertz CT molecular complexity index is 485. The fourth-order valence-corrected chi connectivity index (χ4v) is 2.43. The molecule has 1 fully saturated rings. The molecule has 0 unspecified atom stereocenters. The first-order chi connectivity index (χ1) is 9.06. The standard InChI is InChI=1S/C13H15ClN2O3/c14-9-5-6-15-11(7-9)12(17)16-10-3-1-8(2-4-10)13(18)19/h5-8,10H,1-4H2,(H,16,17)(H,18,19). The number of halogens is 1. The van der Waals surface area contributed by atoms with Gasteiger partial charge in [-0.15, -0.1) is 0 Å². The van der Waals surface area contributed by atoms with Crippen LogP contribution in [0.15, 0.2) is 18.3 Å². The van der Waals surface area contributed by atoms with Crippen molar-refractivity contribution in [3.8, 4) is 0 Å². The molecule has 1 heterocycles. The molecule has 0 bridgehead atoms. The van der Waals surface area contributed by atoms with Crippen LogP contribution < -0.4 is 5.32 Å². The third kappa shape index (κ3) is 3.67. The minimum atomic E-state index is -0.749. The van der Waals surface area contributed by atoms with E-state index in [-0.39, 0.29) is 23.6 Å². The number of carboxylic acids is 1. The number of carbonyl (C=O) groups excluding carboxylic acids is 1. The largest absolute Gasteiger partial charge is 0.481 e. The van der Waals surface area contributed by atoms with Crippen LogP contribution in [0.4, 0.5) is 0 Å². The summed E-state index contributed by atoms with van der Waals surface area (Å²) in [5.74, 6) is -1.29. The zero-order valence-electron chi connectivity index (χ0n) is 10.3. The molecule has 19 heavy (non-hydrogen) atoms. The predicted octanol–water partition coefficient (Wildman–Crippen LogP) is 2.11. The molecule has 0 atom stereocenters. The van der Waals surface area contributed by atoms with Crippen LogP contribution >= 0.6 is 11.6 Å². The summed E-state index contributed by atoms with van der Waals surface area (Å²) >= 11 is 5.80. The zero-order chi connectivity index (χ0) is 13.8. The molecule has 1 aromatic heterocycles. The fraction of sp³-hybridized carbons (Fsp3) is 0.462. The molecule has 6 heteroatoms. The molecular weight excluding hydrogens is 268 g/mol. The van der Waals surface area contributed by atoms with Crippen molar-refractivity contribution in [2.24, 2.45) is 5.92 Å². The maximum atomic E-state index is 11.9. The third-order valence-corrected chi connectivity index (χ3v) is 3.60. The van der Waals surface area contributed by atoms with Crippen molar-refractivity contribution in [3.63, 3.8) is 0 Å². The number of aliphatic carboxylic acids is 1. The molecule has 0 radical (unpaired) electrons. The van der Waals surface area contributed by atoms with E-state index in [0.29, 0.717) is 30.7 Å². The summed E-state index contributed by atoms with van der Waals surface area (Å²) in [6.07, 6.45) is 4.05. The maximum Gasteiger partial charge on any atom is 0.306 e. The van der Waals surface area contributed by atoms with Gasteiger partial charge < -0.3 is 10.4 Å². The lowest BCUT2D eigenvalue weighted by Gasteiger charge is -2.26. The van der Waals surface area contributed by atoms with Gasteiger partial charge in [-0.05, 0) is 37.8 Å². The van der Waals surface area contributed by atoms with Crippen LogP contribution in [0, 0.1) is 5.92 Å². The molecule has 0 saturated heterocycles. The number of nitrogens with zero attached hydrogens (tertiary/aromatic N) is 1. The molecule has 102 valence electrons. The second kappa shape index (κ2) is 6.02. The number of aromatic nitrogens is 1. The molecule has 2 N–H and O–H groups in total. The number of hydrogen-bond donors (Lipinski definition) is 2. The first-order valence-corrected chi connectivity index (χ1v) is 6.59. The molecule has 1 saturated carbocycles. The quantitative estimate of drug-likeness (QED) is 0.890. The molecule has 1 aromatic rings. The van der Waals surface area contributed by atoms with Gasteiger partial charge in [-0.25, -0.2) is 0 Å². The Hall–Kier alpha value is -1.62. The normalized spacial score (nSPS) is 22.8. The number of nitrogens with one attached hydrogen (secondary N) is 1. The highest BCUT2D eigenvalue weighted by Gasteiger charge is 2.27. The van der Waals surface area contributed by atoms with Gasteiger partial charge in [0.2, 0.25) is 0 Å². The van der Waals surface area contributed by atoms with Crippen LogP contribution in [-0.2, 0) is 4.79 Å². The maximum absolute atomic E-state index is 11.9. The van der Waals surface area contributed by atoms with Gasteiger partial charge in [0.1, 0.15) is 5.69 Å². The lowest BCUT2D eigenvalue weighted by atomic mass is 9.86. The first kappa shape index (κ1) is 13.8. The van der Waals surface area contributed by atoms with Gasteiger partial charge in [0, 0.05) is 17.3 Å². The summed E-state index contributed by atoms with van der Waals surface area (Å²) in [6.45, 7) is 0. The Morgan fingerprint density at radius 1 is 1.32 bits per heavy atom. The molecule has 1 amide bonds. The van der Waals surface area contributed by atoms with E-state index in [4.69, 9.17) is 16.7 Å². The highest BCUT2D eigenvalue weighted by Crippen LogP contribution is 2.24. The number of rotatable bonds is 3. The molecule has 0 aliphatic heterocycles. The predicted molar refractivity (Wildman–Crippen MR) is 70.1 cm³/mol. The second-order valence-corrected chi connectivity index (χ2v) is 5.16. The molecule has 1 aliphatic carbocycles. The molecular formula is C13H15ClN2O3. The highest BCUT2D eigenvalue weighted by molar-refractivity contribution is 6.30. The van der Waals surface area contributed by atoms with E-state index in [1.54, 1.807) is 6.07 Å². The van der Waals surface area contributed by atoms with Gasteiger partial charge >= 0.3 is 5.97 Å². The highest BCUT2D eigenvalue weighted by atomic mass is 35.5. The summed E-state index contributed by atoms with van der Waals surface area (Å²) in [7, 11) is 0. The van der Waals surface area contributed by atoms with Gasteiger partial charge in [-0.2, -0.15) is 0 Å². The van der Waals surface area contributed by atoms with Gasteiger partial charge in [0.05, 0.1) is 5.92 Å². The van der Waals surface area contributed by atoms with Crippen molar-refractivity contribution in [3.05, 3.63) is 29.0 Å². The molecule has 0 spiro atoms. The van der Waals surface area contributed by atoms with Crippen molar-refractivity contribution < 1.29 is 14.7 Å². The summed E-state index contributed by atoms with van der Waals surface area (Å²) < 4.78 is 0. The van der Waals surface area contributed by atoms with Crippen LogP contribution in [0.2, 0.25) is 5.02 Å². The zero-order valence-corrected chi connectivity index (χ0v) is 11.1. The van der Waals surface area contributed by atoms with E-state index < -0.39 is 5.97 Å². The van der Waals surface area contributed by atoms with Crippen molar-refractivity contribution >= 4 is 23.5 Å². The van der Waals surface area contributed by atoms with Gasteiger partial charge in [0.25, 0.3) is 5.91 Å². The SMILES string of the molecule is O=C(NC1CCC(C(=O)O)CC1)c1cc(Cl)ccn1. The summed E-state index contributed by atoms with van der Waals surface area (Å²) in [5.41, 5.74) is 0.285. The summed E-state index contributed by atoms with van der Waals surface area (Å²) in [4.78, 5) is 26.7. The Labute approximate surface area is 116 Å². The Morgan fingerprint density at radius 3 is 2.58 bits per heavy atom. The monoisotopic (exact) mass is 282 g/mol. The molecule has 5 nitrogen and oxygen atoms in total. The Morgan fingerprint density at radius 2 is 2.00 bits per heavy atom. The average molecular weight is 283 g/mol. The lowest BCUT2D eigenvalue weighted by Crippen LogP contribution is -2.39. The van der Waals surface area contributed by atoms with Crippen molar-refractivity contribution in [1.82, 2.24) is 10.3 Å². The van der Waals surface area contributed by atoms with Crippen molar-refractivity contribution in [2.45, 2.75) is 31.7 Å². The minimum Gasteiger partial charge on any atom is -0.481 e. The van der Waals surface area contributed by atoms with Crippen LogP contribution in [0.1, 0.15) is 36.2 Å². The van der Waals surface area contributed by atoms with E-state index >= 15 is 0 Å². The Kier molecular flexibility index (Phi) is 4.37. The summed E-state index contributed by atoms with van der Waals surface area (Å²) in [5, 5.41) is 12.2. The average Bonchev–Trinajstić information content (AvgIpc) is 2.39. The van der Waals surface area contributed by atoms with E-state index in [9.17, 15) is 9.59 Å². The van der Waals surface area contributed by atoms with Crippen LogP contribution in [-0.4, -0.2) is 28.0 Å². The molecule has 0 aromatic carbocycles. The number of carboxylic acid groups (broad SMARTS) is 1. The smallest absolute Gasteiger partial charge is 0.306 e. The molecule has 1 aliphatic rings. The van der Waals surface area contributed by atoms with Crippen molar-refractivity contribution in [1.29, 1.82) is 0 Å². The number of carbonyl (C=O) groups is 2. The number of pyridine rings is 1. The van der Waals surface area contributed by atoms with E-state index in [1.807, 2.05) is 0 Å². The van der Waals surface area contributed by atoms with Gasteiger partial charge in [-0.3, -0.25) is 14.6 Å². The summed E-state index contributed by atoms with van der Waals surface area (Å²) in [6, 6.07) is 3.14. The van der Waals surface area contributed by atoms with Gasteiger partial charge in [-0.1, -0.05) is 11.6 Å².